The number of likely N-dealkylation sites (N-methyl/N-ethyl adjacent to an activating group) is 1. The van der Waals surface area contributed by atoms with Gasteiger partial charge in [-0.3, -0.25) is 4.79 Å². The largest absolute Gasteiger partial charge is 0.339 e. The molecule has 0 radical (unpaired) electrons. The maximum absolute atomic E-state index is 12.1. The van der Waals surface area contributed by atoms with Crippen LogP contribution in [0.4, 0.5) is 0 Å². The van der Waals surface area contributed by atoms with E-state index in [0.717, 1.165) is 18.4 Å². The monoisotopic (exact) mass is 277 g/mol. The van der Waals surface area contributed by atoms with Gasteiger partial charge in [-0.25, -0.2) is 0 Å². The first kappa shape index (κ1) is 14.1. The van der Waals surface area contributed by atoms with Crippen LogP contribution in [-0.4, -0.2) is 23.9 Å². The summed E-state index contributed by atoms with van der Waals surface area (Å²) in [7, 11) is 1.90. The van der Waals surface area contributed by atoms with E-state index in [0.29, 0.717) is 11.1 Å². The SMILES string of the molecule is CN(C(=O)C=Cc1ccccc1Cl)C1CCCCC1. The molecule has 19 heavy (non-hydrogen) atoms. The Morgan fingerprint density at radius 1 is 1.26 bits per heavy atom. The summed E-state index contributed by atoms with van der Waals surface area (Å²) in [4.78, 5) is 14.0. The molecule has 1 amide bonds. The summed E-state index contributed by atoms with van der Waals surface area (Å²) in [6.45, 7) is 0. The van der Waals surface area contributed by atoms with Crippen molar-refractivity contribution in [2.45, 2.75) is 38.1 Å². The van der Waals surface area contributed by atoms with Crippen LogP contribution in [0.2, 0.25) is 5.02 Å². The number of nitrogens with zero attached hydrogens (tertiary/aromatic N) is 1. The summed E-state index contributed by atoms with van der Waals surface area (Å²) in [5, 5.41) is 0.673. The van der Waals surface area contributed by atoms with Gasteiger partial charge in [0.05, 0.1) is 0 Å². The molecule has 2 nitrogen and oxygen atoms in total. The molecule has 1 aromatic carbocycles. The molecule has 1 saturated carbocycles. The Balaban J connectivity index is 1.98. The van der Waals surface area contributed by atoms with Gasteiger partial charge in [-0.05, 0) is 30.5 Å². The molecule has 0 aromatic heterocycles. The molecule has 0 bridgehead atoms. The Labute approximate surface area is 120 Å². The molecule has 1 fully saturated rings. The predicted molar refractivity (Wildman–Crippen MR) is 80.1 cm³/mol. The van der Waals surface area contributed by atoms with E-state index in [1.54, 1.807) is 12.2 Å². The highest BCUT2D eigenvalue weighted by atomic mass is 35.5. The summed E-state index contributed by atoms with van der Waals surface area (Å²) >= 11 is 6.06. The van der Waals surface area contributed by atoms with Gasteiger partial charge in [0.25, 0.3) is 0 Å². The Kier molecular flexibility index (Phi) is 5.03. The highest BCUT2D eigenvalue weighted by molar-refractivity contribution is 6.32. The van der Waals surface area contributed by atoms with Crippen LogP contribution in [0.15, 0.2) is 30.3 Å². The van der Waals surface area contributed by atoms with Crippen LogP contribution in [0.1, 0.15) is 37.7 Å². The summed E-state index contributed by atoms with van der Waals surface area (Å²) < 4.78 is 0. The predicted octanol–water partition coefficient (Wildman–Crippen LogP) is 4.14. The zero-order valence-corrected chi connectivity index (χ0v) is 12.1. The van der Waals surface area contributed by atoms with Crippen molar-refractivity contribution < 1.29 is 4.79 Å². The number of carbonyl (C=O) groups excluding carboxylic acids is 1. The smallest absolute Gasteiger partial charge is 0.246 e. The number of hydrogen-bond donors (Lipinski definition) is 0. The molecule has 0 atom stereocenters. The van der Waals surface area contributed by atoms with E-state index in [9.17, 15) is 4.79 Å². The van der Waals surface area contributed by atoms with Gasteiger partial charge in [0.15, 0.2) is 0 Å². The third-order valence-electron chi connectivity index (χ3n) is 3.78. The second kappa shape index (κ2) is 6.76. The van der Waals surface area contributed by atoms with Crippen molar-refractivity contribution in [1.82, 2.24) is 4.90 Å². The minimum absolute atomic E-state index is 0.0619. The summed E-state index contributed by atoms with van der Waals surface area (Å²) in [6, 6.07) is 7.94. The van der Waals surface area contributed by atoms with Crippen molar-refractivity contribution in [1.29, 1.82) is 0 Å². The minimum atomic E-state index is 0.0619. The maximum Gasteiger partial charge on any atom is 0.246 e. The summed E-state index contributed by atoms with van der Waals surface area (Å²) in [5.74, 6) is 0.0619. The van der Waals surface area contributed by atoms with E-state index in [1.165, 1.54) is 19.3 Å². The third-order valence-corrected chi connectivity index (χ3v) is 4.12. The Bertz CT molecular complexity index is 464. The molecular formula is C16H20ClNO. The highest BCUT2D eigenvalue weighted by Gasteiger charge is 2.20. The molecule has 2 rings (SSSR count). The molecule has 0 aliphatic heterocycles. The lowest BCUT2D eigenvalue weighted by molar-refractivity contribution is -0.127. The number of amides is 1. The number of hydrogen-bond acceptors (Lipinski definition) is 1. The van der Waals surface area contributed by atoms with Crippen LogP contribution in [0.25, 0.3) is 6.08 Å². The maximum atomic E-state index is 12.1. The molecule has 1 aliphatic carbocycles. The van der Waals surface area contributed by atoms with Gasteiger partial charge in [-0.1, -0.05) is 49.1 Å². The van der Waals surface area contributed by atoms with Crippen LogP contribution >= 0.6 is 11.6 Å². The molecule has 0 unspecified atom stereocenters. The number of benzene rings is 1. The van der Waals surface area contributed by atoms with Gasteiger partial charge in [-0.15, -0.1) is 0 Å². The van der Waals surface area contributed by atoms with E-state index in [1.807, 2.05) is 36.2 Å². The quantitative estimate of drug-likeness (QED) is 0.760. The average molecular weight is 278 g/mol. The first-order chi connectivity index (χ1) is 9.18. The fourth-order valence-corrected chi connectivity index (χ4v) is 2.74. The van der Waals surface area contributed by atoms with Gasteiger partial charge in [-0.2, -0.15) is 0 Å². The second-order valence-electron chi connectivity index (χ2n) is 5.10. The van der Waals surface area contributed by atoms with Crippen molar-refractivity contribution in [2.75, 3.05) is 7.05 Å². The van der Waals surface area contributed by atoms with Gasteiger partial charge in [0, 0.05) is 24.2 Å². The van der Waals surface area contributed by atoms with Gasteiger partial charge in [0.2, 0.25) is 5.91 Å². The minimum Gasteiger partial charge on any atom is -0.339 e. The van der Waals surface area contributed by atoms with Crippen LogP contribution in [0, 0.1) is 0 Å². The van der Waals surface area contributed by atoms with Crippen molar-refractivity contribution in [3.8, 4) is 0 Å². The van der Waals surface area contributed by atoms with Crippen LogP contribution in [0.5, 0.6) is 0 Å². The molecule has 0 spiro atoms. The fourth-order valence-electron chi connectivity index (χ4n) is 2.54. The van der Waals surface area contributed by atoms with E-state index >= 15 is 0 Å². The van der Waals surface area contributed by atoms with Crippen molar-refractivity contribution >= 4 is 23.6 Å². The first-order valence-electron chi connectivity index (χ1n) is 6.88. The lowest BCUT2D eigenvalue weighted by atomic mass is 9.94. The molecule has 0 N–H and O–H groups in total. The Morgan fingerprint density at radius 3 is 2.63 bits per heavy atom. The van der Waals surface area contributed by atoms with Crippen LogP contribution in [0.3, 0.4) is 0 Å². The van der Waals surface area contributed by atoms with Crippen molar-refractivity contribution in [3.05, 3.63) is 40.9 Å². The molecule has 0 saturated heterocycles. The topological polar surface area (TPSA) is 20.3 Å². The zero-order chi connectivity index (χ0) is 13.7. The summed E-state index contributed by atoms with van der Waals surface area (Å²) in [5.41, 5.74) is 0.884. The van der Waals surface area contributed by atoms with E-state index in [4.69, 9.17) is 11.6 Å². The van der Waals surface area contributed by atoms with Crippen LogP contribution < -0.4 is 0 Å². The zero-order valence-electron chi connectivity index (χ0n) is 11.3. The number of carbonyl (C=O) groups is 1. The number of rotatable bonds is 3. The lowest BCUT2D eigenvalue weighted by Crippen LogP contribution is -2.37. The molecule has 1 aliphatic rings. The molecule has 0 heterocycles. The average Bonchev–Trinajstić information content (AvgIpc) is 2.46. The van der Waals surface area contributed by atoms with E-state index < -0.39 is 0 Å². The molecule has 1 aromatic rings. The fraction of sp³-hybridized carbons (Fsp3) is 0.438. The van der Waals surface area contributed by atoms with Crippen molar-refractivity contribution in [3.63, 3.8) is 0 Å². The van der Waals surface area contributed by atoms with E-state index in [2.05, 4.69) is 0 Å². The van der Waals surface area contributed by atoms with E-state index in [-0.39, 0.29) is 5.91 Å². The highest BCUT2D eigenvalue weighted by Crippen LogP contribution is 2.22. The summed E-state index contributed by atoms with van der Waals surface area (Å²) in [6.07, 6.45) is 9.44. The van der Waals surface area contributed by atoms with Crippen molar-refractivity contribution in [2.24, 2.45) is 0 Å². The first-order valence-corrected chi connectivity index (χ1v) is 7.25. The molecule has 102 valence electrons. The lowest BCUT2D eigenvalue weighted by Gasteiger charge is -2.30. The standard InChI is InChI=1S/C16H20ClNO/c1-18(14-8-3-2-4-9-14)16(19)12-11-13-7-5-6-10-15(13)17/h5-7,10-12,14H,2-4,8-9H2,1H3. The third kappa shape index (κ3) is 3.84. The molecule has 3 heteroatoms. The molecular weight excluding hydrogens is 258 g/mol. The van der Waals surface area contributed by atoms with Gasteiger partial charge in [0.1, 0.15) is 0 Å². The number of halogens is 1. The van der Waals surface area contributed by atoms with Crippen LogP contribution in [-0.2, 0) is 4.79 Å². The second-order valence-corrected chi connectivity index (χ2v) is 5.50. The van der Waals surface area contributed by atoms with Gasteiger partial charge < -0.3 is 4.90 Å². The van der Waals surface area contributed by atoms with Gasteiger partial charge >= 0.3 is 0 Å². The Morgan fingerprint density at radius 2 is 1.95 bits per heavy atom. The normalized spacial score (nSPS) is 16.7. The Hall–Kier alpha value is -1.28.